The Morgan fingerprint density at radius 3 is 2.53 bits per heavy atom. The van der Waals surface area contributed by atoms with Crippen LogP contribution in [0.5, 0.6) is 0 Å². The van der Waals surface area contributed by atoms with Gasteiger partial charge in [0.05, 0.1) is 30.2 Å². The van der Waals surface area contributed by atoms with Crippen LogP contribution < -0.4 is 5.32 Å². The number of hydrogen-bond acceptors (Lipinski definition) is 5. The van der Waals surface area contributed by atoms with Crippen LogP contribution in [0.1, 0.15) is 46.8 Å². The molecule has 1 atom stereocenters. The zero-order valence-corrected chi connectivity index (χ0v) is 20.2. The van der Waals surface area contributed by atoms with E-state index in [0.717, 1.165) is 11.1 Å². The van der Waals surface area contributed by atoms with E-state index >= 15 is 0 Å². The van der Waals surface area contributed by atoms with Gasteiger partial charge in [-0.2, -0.15) is 9.40 Å². The van der Waals surface area contributed by atoms with Gasteiger partial charge in [-0.3, -0.25) is 9.48 Å². The third-order valence-corrected chi connectivity index (χ3v) is 7.70. The lowest BCUT2D eigenvalue weighted by molar-refractivity contribution is -0.122. The molecule has 3 aromatic rings. The average molecular weight is 459 g/mol. The normalized spacial score (nSPS) is 12.8. The lowest BCUT2D eigenvalue weighted by Crippen LogP contribution is -2.31. The maximum atomic E-state index is 13.2. The highest BCUT2D eigenvalue weighted by atomic mass is 32.2. The average Bonchev–Trinajstić information content (AvgIpc) is 3.31. The largest absolute Gasteiger partial charge is 0.468 e. The second kappa shape index (κ2) is 9.30. The van der Waals surface area contributed by atoms with Crippen molar-refractivity contribution in [3.8, 4) is 0 Å². The number of aromatic nitrogens is 2. The van der Waals surface area contributed by atoms with Crippen LogP contribution in [0.3, 0.4) is 0 Å². The molecule has 1 amide bonds. The number of aryl methyl sites for hydroxylation is 3. The maximum Gasteiger partial charge on any atom is 0.246 e. The molecule has 0 bridgehead atoms. The van der Waals surface area contributed by atoms with Gasteiger partial charge in [0.1, 0.15) is 17.2 Å². The molecule has 1 unspecified atom stereocenters. The minimum Gasteiger partial charge on any atom is -0.468 e. The second-order valence-electron chi connectivity index (χ2n) is 8.13. The molecule has 9 heteroatoms. The van der Waals surface area contributed by atoms with Crippen LogP contribution in [0.15, 0.2) is 45.9 Å². The fraction of sp³-hybridized carbons (Fsp3) is 0.391. The number of furan rings is 1. The third-order valence-electron chi connectivity index (χ3n) is 5.64. The topological polar surface area (TPSA) is 97.4 Å². The van der Waals surface area contributed by atoms with Gasteiger partial charge in [-0.25, -0.2) is 8.42 Å². The fourth-order valence-corrected chi connectivity index (χ4v) is 5.11. The first-order chi connectivity index (χ1) is 15.0. The summed E-state index contributed by atoms with van der Waals surface area (Å²) in [5.41, 5.74) is 4.14. The number of carbonyl (C=O) groups is 1. The van der Waals surface area contributed by atoms with Crippen LogP contribution in [0.25, 0.3) is 0 Å². The predicted molar refractivity (Wildman–Crippen MR) is 122 cm³/mol. The lowest BCUT2D eigenvalue weighted by atomic mass is 10.0. The van der Waals surface area contributed by atoms with Crippen molar-refractivity contribution < 1.29 is 17.6 Å². The van der Waals surface area contributed by atoms with E-state index < -0.39 is 10.0 Å². The summed E-state index contributed by atoms with van der Waals surface area (Å²) in [5.74, 6) is 0.299. The molecule has 0 aliphatic heterocycles. The standard InChI is InChI=1S/C23H30N4O4S/c1-15-9-10-20(12-16(15)2)17(3)24-22(28)14-27-19(5)23(18(4)25-27)32(29,30)26(6)13-21-8-7-11-31-21/h7-12,17H,13-14H2,1-6H3,(H,24,28). The molecule has 32 heavy (non-hydrogen) atoms. The Morgan fingerprint density at radius 2 is 1.91 bits per heavy atom. The van der Waals surface area contributed by atoms with Gasteiger partial charge in [-0.05, 0) is 63.4 Å². The molecule has 0 radical (unpaired) electrons. The van der Waals surface area contributed by atoms with Gasteiger partial charge in [-0.15, -0.1) is 0 Å². The van der Waals surface area contributed by atoms with Crippen LogP contribution in [-0.2, 0) is 27.9 Å². The summed E-state index contributed by atoms with van der Waals surface area (Å²) in [6, 6.07) is 9.34. The van der Waals surface area contributed by atoms with Gasteiger partial charge in [0.15, 0.2) is 0 Å². The van der Waals surface area contributed by atoms with E-state index in [0.29, 0.717) is 17.1 Å². The molecule has 172 valence electrons. The van der Waals surface area contributed by atoms with Crippen molar-refractivity contribution in [3.05, 3.63) is 70.4 Å². The SMILES string of the molecule is Cc1ccc(C(C)NC(=O)Cn2nc(C)c(S(=O)(=O)N(C)Cc3ccco3)c2C)cc1C. The molecule has 0 fully saturated rings. The Hall–Kier alpha value is -2.91. The smallest absolute Gasteiger partial charge is 0.246 e. The van der Waals surface area contributed by atoms with E-state index in [9.17, 15) is 13.2 Å². The van der Waals surface area contributed by atoms with E-state index in [1.54, 1.807) is 26.0 Å². The van der Waals surface area contributed by atoms with Gasteiger partial charge in [-0.1, -0.05) is 18.2 Å². The van der Waals surface area contributed by atoms with Crippen LogP contribution in [0.4, 0.5) is 0 Å². The van der Waals surface area contributed by atoms with Crippen molar-refractivity contribution >= 4 is 15.9 Å². The van der Waals surface area contributed by atoms with Gasteiger partial charge in [0, 0.05) is 7.05 Å². The molecule has 0 aliphatic rings. The first-order valence-electron chi connectivity index (χ1n) is 10.4. The molecule has 0 saturated heterocycles. The van der Waals surface area contributed by atoms with Gasteiger partial charge in [0.25, 0.3) is 0 Å². The number of hydrogen-bond donors (Lipinski definition) is 1. The van der Waals surface area contributed by atoms with Crippen LogP contribution in [0.2, 0.25) is 0 Å². The molecular formula is C23H30N4O4S. The molecule has 2 heterocycles. The van der Waals surface area contributed by atoms with Gasteiger partial charge in [0.2, 0.25) is 15.9 Å². The molecule has 1 N–H and O–H groups in total. The number of sulfonamides is 1. The van der Waals surface area contributed by atoms with Crippen molar-refractivity contribution in [3.63, 3.8) is 0 Å². The Kier molecular flexibility index (Phi) is 6.90. The van der Waals surface area contributed by atoms with Crippen LogP contribution >= 0.6 is 0 Å². The maximum absolute atomic E-state index is 13.2. The number of amides is 1. The van der Waals surface area contributed by atoms with Crippen molar-refractivity contribution in [2.45, 2.75) is 58.6 Å². The quantitative estimate of drug-likeness (QED) is 0.558. The van der Waals surface area contributed by atoms with Crippen molar-refractivity contribution in [2.24, 2.45) is 0 Å². The molecule has 1 aromatic carbocycles. The van der Waals surface area contributed by atoms with E-state index in [4.69, 9.17) is 4.42 Å². The Bertz CT molecular complexity index is 1210. The lowest BCUT2D eigenvalue weighted by Gasteiger charge is -2.17. The summed E-state index contributed by atoms with van der Waals surface area (Å²) in [4.78, 5) is 12.8. The predicted octanol–water partition coefficient (Wildman–Crippen LogP) is 3.41. The summed E-state index contributed by atoms with van der Waals surface area (Å²) in [6.45, 7) is 9.33. The first-order valence-corrected chi connectivity index (χ1v) is 11.8. The highest BCUT2D eigenvalue weighted by Gasteiger charge is 2.29. The van der Waals surface area contributed by atoms with E-state index in [-0.39, 0.29) is 29.9 Å². The molecule has 2 aromatic heterocycles. The monoisotopic (exact) mass is 458 g/mol. The number of benzene rings is 1. The molecule has 3 rings (SSSR count). The van der Waals surface area contributed by atoms with E-state index in [1.807, 2.05) is 32.9 Å². The molecule has 0 spiro atoms. The van der Waals surface area contributed by atoms with Gasteiger partial charge < -0.3 is 9.73 Å². The van der Waals surface area contributed by atoms with Crippen LogP contribution in [-0.4, -0.2) is 35.5 Å². The summed E-state index contributed by atoms with van der Waals surface area (Å²) < 4.78 is 34.2. The zero-order valence-electron chi connectivity index (χ0n) is 19.3. The van der Waals surface area contributed by atoms with E-state index in [1.165, 1.54) is 27.9 Å². The summed E-state index contributed by atoms with van der Waals surface area (Å²) in [5, 5.41) is 7.29. The highest BCUT2D eigenvalue weighted by Crippen LogP contribution is 2.24. The first kappa shape index (κ1) is 23.7. The Morgan fingerprint density at radius 1 is 1.19 bits per heavy atom. The fourth-order valence-electron chi connectivity index (χ4n) is 3.61. The molecule has 8 nitrogen and oxygen atoms in total. The minimum atomic E-state index is -3.81. The van der Waals surface area contributed by atoms with Crippen LogP contribution in [0, 0.1) is 27.7 Å². The molecule has 0 saturated carbocycles. The zero-order chi connectivity index (χ0) is 23.6. The Balaban J connectivity index is 1.75. The second-order valence-corrected chi connectivity index (χ2v) is 10.1. The summed E-state index contributed by atoms with van der Waals surface area (Å²) in [6.07, 6.45) is 1.50. The van der Waals surface area contributed by atoms with Crippen molar-refractivity contribution in [1.82, 2.24) is 19.4 Å². The highest BCUT2D eigenvalue weighted by molar-refractivity contribution is 7.89. The molecule has 0 aliphatic carbocycles. The summed E-state index contributed by atoms with van der Waals surface area (Å²) in [7, 11) is -2.32. The number of rotatable bonds is 8. The van der Waals surface area contributed by atoms with Gasteiger partial charge >= 0.3 is 0 Å². The third kappa shape index (κ3) is 4.94. The number of carbonyl (C=O) groups excluding carboxylic acids is 1. The summed E-state index contributed by atoms with van der Waals surface area (Å²) >= 11 is 0. The molecular weight excluding hydrogens is 428 g/mol. The van der Waals surface area contributed by atoms with Crippen molar-refractivity contribution in [2.75, 3.05) is 7.05 Å². The minimum absolute atomic E-state index is 0.0702. The van der Waals surface area contributed by atoms with Crippen molar-refractivity contribution in [1.29, 1.82) is 0 Å². The number of nitrogens with zero attached hydrogens (tertiary/aromatic N) is 3. The Labute approximate surface area is 189 Å². The van der Waals surface area contributed by atoms with E-state index in [2.05, 4.69) is 16.5 Å². The number of nitrogens with one attached hydrogen (secondary N) is 1.